The monoisotopic (exact) mass is 528 g/mol. The Hall–Kier alpha value is -3.73. The van der Waals surface area contributed by atoms with Gasteiger partial charge >= 0.3 is 6.36 Å². The molecule has 1 aliphatic carbocycles. The summed E-state index contributed by atoms with van der Waals surface area (Å²) in [4.78, 5) is 21.7. The number of fused-ring (bicyclic) bond motifs is 2. The number of ether oxygens (including phenoxy) is 3. The van der Waals surface area contributed by atoms with E-state index in [0.717, 1.165) is 31.1 Å². The molecule has 2 atom stereocenters. The Morgan fingerprint density at radius 3 is 2.63 bits per heavy atom. The summed E-state index contributed by atoms with van der Waals surface area (Å²) in [5.41, 5.74) is 2.04. The lowest BCUT2D eigenvalue weighted by Gasteiger charge is -2.25. The van der Waals surface area contributed by atoms with Crippen molar-refractivity contribution in [2.24, 2.45) is 24.8 Å². The van der Waals surface area contributed by atoms with Crippen LogP contribution in [0.25, 0.3) is 0 Å². The summed E-state index contributed by atoms with van der Waals surface area (Å²) >= 11 is 0. The standard InChI is InChI=1S/C27H27F3N4O4/c1-32-14-23(31-15-32)26(35)34(10-17-3-2-4-19(7-17)38-27(28,29)30)13-22-20-11-33(12-21(20)22)9-18-5-6-24-25(8-18)37-16-36-24/h2-8,14-15,20-22H,9-13,16H2,1H3. The van der Waals surface area contributed by atoms with Crippen molar-refractivity contribution < 1.29 is 32.2 Å². The lowest BCUT2D eigenvalue weighted by Crippen LogP contribution is -2.35. The van der Waals surface area contributed by atoms with Crippen LogP contribution in [0.5, 0.6) is 17.2 Å². The summed E-state index contributed by atoms with van der Waals surface area (Å²) in [5.74, 6) is 2.29. The molecular weight excluding hydrogens is 501 g/mol. The third-order valence-electron chi connectivity index (χ3n) is 7.44. The maximum absolute atomic E-state index is 13.4. The Morgan fingerprint density at radius 2 is 1.89 bits per heavy atom. The molecule has 2 aromatic carbocycles. The molecule has 2 fully saturated rings. The Kier molecular flexibility index (Phi) is 6.17. The van der Waals surface area contributed by atoms with Gasteiger partial charge in [-0.15, -0.1) is 13.2 Å². The number of imidazole rings is 1. The number of nitrogens with zero attached hydrogens (tertiary/aromatic N) is 4. The number of benzene rings is 2. The molecular formula is C27H27F3N4O4. The first-order chi connectivity index (χ1) is 18.2. The van der Waals surface area contributed by atoms with Crippen molar-refractivity contribution in [3.05, 3.63) is 71.8 Å². The number of halogens is 3. The molecule has 1 saturated carbocycles. The number of amides is 1. The fourth-order valence-corrected chi connectivity index (χ4v) is 5.65. The lowest BCUT2D eigenvalue weighted by atomic mass is 10.1. The summed E-state index contributed by atoms with van der Waals surface area (Å²) in [7, 11) is 1.78. The summed E-state index contributed by atoms with van der Waals surface area (Å²) in [6, 6.07) is 11.8. The zero-order valence-electron chi connectivity index (χ0n) is 20.7. The minimum absolute atomic E-state index is 0.168. The number of aryl methyl sites for hydroxylation is 1. The number of carbonyl (C=O) groups excluding carboxylic acids is 1. The zero-order valence-corrected chi connectivity index (χ0v) is 20.7. The summed E-state index contributed by atoms with van der Waals surface area (Å²) < 4.78 is 54.8. The predicted octanol–water partition coefficient (Wildman–Crippen LogP) is 4.07. The number of hydrogen-bond donors (Lipinski definition) is 0. The molecule has 8 nitrogen and oxygen atoms in total. The van der Waals surface area contributed by atoms with Gasteiger partial charge in [-0.25, -0.2) is 4.98 Å². The lowest BCUT2D eigenvalue weighted by molar-refractivity contribution is -0.274. The fraction of sp³-hybridized carbons (Fsp3) is 0.407. The van der Waals surface area contributed by atoms with E-state index in [2.05, 4.69) is 20.7 Å². The first-order valence-corrected chi connectivity index (χ1v) is 12.4. The Bertz CT molecular complexity index is 1330. The summed E-state index contributed by atoms with van der Waals surface area (Å²) in [6.45, 7) is 3.63. The molecule has 1 amide bonds. The van der Waals surface area contributed by atoms with E-state index in [-0.39, 0.29) is 25.0 Å². The van der Waals surface area contributed by atoms with Crippen LogP contribution in [0.4, 0.5) is 13.2 Å². The minimum Gasteiger partial charge on any atom is -0.454 e. The van der Waals surface area contributed by atoms with Gasteiger partial charge in [0.15, 0.2) is 11.5 Å². The van der Waals surface area contributed by atoms with E-state index in [1.165, 1.54) is 23.8 Å². The molecule has 11 heteroatoms. The van der Waals surface area contributed by atoms with Gasteiger partial charge in [0.05, 0.1) is 6.33 Å². The van der Waals surface area contributed by atoms with E-state index in [4.69, 9.17) is 9.47 Å². The van der Waals surface area contributed by atoms with Gasteiger partial charge in [-0.1, -0.05) is 18.2 Å². The first kappa shape index (κ1) is 24.6. The van der Waals surface area contributed by atoms with Crippen LogP contribution in [-0.2, 0) is 20.1 Å². The molecule has 0 bridgehead atoms. The molecule has 0 N–H and O–H groups in total. The number of rotatable bonds is 8. The predicted molar refractivity (Wildman–Crippen MR) is 129 cm³/mol. The first-order valence-electron chi connectivity index (χ1n) is 12.4. The van der Waals surface area contributed by atoms with Crippen molar-refractivity contribution in [2.45, 2.75) is 19.5 Å². The van der Waals surface area contributed by atoms with Crippen molar-refractivity contribution in [3.8, 4) is 17.2 Å². The minimum atomic E-state index is -4.78. The van der Waals surface area contributed by atoms with E-state index in [1.54, 1.807) is 35.1 Å². The number of likely N-dealkylation sites (tertiary alicyclic amines) is 1. The van der Waals surface area contributed by atoms with Gasteiger partial charge in [0, 0.05) is 46.0 Å². The van der Waals surface area contributed by atoms with Crippen molar-refractivity contribution in [1.82, 2.24) is 19.4 Å². The fourth-order valence-electron chi connectivity index (χ4n) is 5.65. The van der Waals surface area contributed by atoms with E-state index >= 15 is 0 Å². The molecule has 3 heterocycles. The number of alkyl halides is 3. The number of carbonyl (C=O) groups is 1. The van der Waals surface area contributed by atoms with Crippen LogP contribution >= 0.6 is 0 Å². The Labute approximate surface area is 217 Å². The molecule has 0 radical (unpaired) electrons. The van der Waals surface area contributed by atoms with E-state index in [9.17, 15) is 18.0 Å². The van der Waals surface area contributed by atoms with Crippen LogP contribution in [0.3, 0.4) is 0 Å². The Balaban J connectivity index is 1.11. The summed E-state index contributed by atoms with van der Waals surface area (Å²) in [5, 5.41) is 0. The highest BCUT2D eigenvalue weighted by Crippen LogP contribution is 2.52. The van der Waals surface area contributed by atoms with Crippen LogP contribution < -0.4 is 14.2 Å². The second-order valence-corrected chi connectivity index (χ2v) is 10.2. The SMILES string of the molecule is Cn1cnc(C(=O)N(Cc2cccc(OC(F)(F)F)c2)CC2C3CN(Cc4ccc5c(c4)OCO5)CC32)c1. The van der Waals surface area contributed by atoms with Crippen LogP contribution in [0.2, 0.25) is 0 Å². The third kappa shape index (κ3) is 5.28. The number of piperidine rings is 1. The molecule has 1 saturated heterocycles. The van der Waals surface area contributed by atoms with Gasteiger partial charge in [0.25, 0.3) is 5.91 Å². The molecule has 38 heavy (non-hydrogen) atoms. The molecule has 0 spiro atoms. The summed E-state index contributed by atoms with van der Waals surface area (Å²) in [6.07, 6.45) is -1.57. The quantitative estimate of drug-likeness (QED) is 0.439. The van der Waals surface area contributed by atoms with Crippen LogP contribution in [-0.4, -0.2) is 58.0 Å². The largest absolute Gasteiger partial charge is 0.573 e. The van der Waals surface area contributed by atoms with Crippen LogP contribution in [0, 0.1) is 17.8 Å². The molecule has 200 valence electrons. The van der Waals surface area contributed by atoms with E-state index in [1.807, 2.05) is 12.1 Å². The van der Waals surface area contributed by atoms with Gasteiger partial charge in [0.1, 0.15) is 11.4 Å². The molecule has 2 unspecified atom stereocenters. The van der Waals surface area contributed by atoms with Gasteiger partial charge in [-0.3, -0.25) is 9.69 Å². The van der Waals surface area contributed by atoms with Gasteiger partial charge in [0.2, 0.25) is 6.79 Å². The van der Waals surface area contributed by atoms with Gasteiger partial charge in [-0.05, 0) is 53.1 Å². The maximum atomic E-state index is 13.4. The van der Waals surface area contributed by atoms with Crippen LogP contribution in [0.1, 0.15) is 21.6 Å². The number of hydrogen-bond acceptors (Lipinski definition) is 6. The highest BCUT2D eigenvalue weighted by molar-refractivity contribution is 5.92. The smallest absolute Gasteiger partial charge is 0.454 e. The number of aromatic nitrogens is 2. The van der Waals surface area contributed by atoms with Gasteiger partial charge in [-0.2, -0.15) is 0 Å². The topological polar surface area (TPSA) is 69.1 Å². The Morgan fingerprint density at radius 1 is 1.11 bits per heavy atom. The molecule has 6 rings (SSSR count). The zero-order chi connectivity index (χ0) is 26.4. The maximum Gasteiger partial charge on any atom is 0.573 e. The second-order valence-electron chi connectivity index (χ2n) is 10.2. The van der Waals surface area contributed by atoms with E-state index < -0.39 is 6.36 Å². The third-order valence-corrected chi connectivity index (χ3v) is 7.44. The average Bonchev–Trinajstić information content (AvgIpc) is 3.33. The molecule has 3 aliphatic rings. The second kappa shape index (κ2) is 9.54. The molecule has 1 aromatic heterocycles. The average molecular weight is 529 g/mol. The normalized spacial score (nSPS) is 21.8. The van der Waals surface area contributed by atoms with Crippen molar-refractivity contribution >= 4 is 5.91 Å². The highest BCUT2D eigenvalue weighted by Gasteiger charge is 2.56. The molecule has 2 aliphatic heterocycles. The van der Waals surface area contributed by atoms with Crippen molar-refractivity contribution in [1.29, 1.82) is 0 Å². The molecule has 3 aromatic rings. The van der Waals surface area contributed by atoms with Gasteiger partial charge < -0.3 is 23.7 Å². The van der Waals surface area contributed by atoms with E-state index in [0.29, 0.717) is 35.6 Å². The highest BCUT2D eigenvalue weighted by atomic mass is 19.4. The van der Waals surface area contributed by atoms with Crippen molar-refractivity contribution in [3.63, 3.8) is 0 Å². The van der Waals surface area contributed by atoms with Crippen molar-refractivity contribution in [2.75, 3.05) is 26.4 Å². The van der Waals surface area contributed by atoms with Crippen LogP contribution in [0.15, 0.2) is 55.0 Å².